The van der Waals surface area contributed by atoms with Crippen LogP contribution in [0.1, 0.15) is 26.2 Å². The van der Waals surface area contributed by atoms with E-state index in [-0.39, 0.29) is 24.0 Å². The summed E-state index contributed by atoms with van der Waals surface area (Å²) in [6.07, 6.45) is 2.95. The van der Waals surface area contributed by atoms with Crippen LogP contribution in [0, 0.1) is 5.41 Å². The van der Waals surface area contributed by atoms with Crippen molar-refractivity contribution in [2.45, 2.75) is 32.2 Å². The quantitative estimate of drug-likeness (QED) is 0.722. The molecule has 5 heteroatoms. The van der Waals surface area contributed by atoms with E-state index >= 15 is 0 Å². The van der Waals surface area contributed by atoms with Gasteiger partial charge in [0.05, 0.1) is 12.0 Å². The minimum absolute atomic E-state index is 0.0143. The number of β-amino-alcohol motifs (C(OH)–C–C–N with tert-alkyl or cyclic N) is 1. The van der Waals surface area contributed by atoms with E-state index in [1.54, 1.807) is 0 Å². The van der Waals surface area contributed by atoms with Crippen LogP contribution in [0.4, 0.5) is 0 Å². The number of hydrogen-bond acceptors (Lipinski definition) is 4. The average molecular weight is 255 g/mol. The number of carbonyl (C=O) groups excluding carboxylic acids is 1. The summed E-state index contributed by atoms with van der Waals surface area (Å²) in [7, 11) is 0. The van der Waals surface area contributed by atoms with Crippen molar-refractivity contribution in [3.63, 3.8) is 0 Å². The Hall–Kier alpha value is -0.650. The lowest BCUT2D eigenvalue weighted by atomic mass is 9.83. The number of aliphatic hydroxyl groups is 1. The van der Waals surface area contributed by atoms with Crippen molar-refractivity contribution in [2.24, 2.45) is 11.1 Å². The summed E-state index contributed by atoms with van der Waals surface area (Å²) >= 11 is 0. The van der Waals surface area contributed by atoms with E-state index in [2.05, 4.69) is 4.90 Å². The smallest absolute Gasteiger partial charge is 0.230 e. The van der Waals surface area contributed by atoms with Gasteiger partial charge >= 0.3 is 0 Å². The zero-order valence-corrected chi connectivity index (χ0v) is 11.3. The molecule has 2 rings (SSSR count). The fraction of sp³-hybridized carbons (Fsp3) is 0.923. The molecule has 2 unspecified atom stereocenters. The first-order valence-electron chi connectivity index (χ1n) is 6.96. The van der Waals surface area contributed by atoms with Crippen molar-refractivity contribution in [2.75, 3.05) is 39.3 Å². The molecule has 2 atom stereocenters. The summed E-state index contributed by atoms with van der Waals surface area (Å²) in [4.78, 5) is 16.7. The van der Waals surface area contributed by atoms with E-state index in [0.29, 0.717) is 6.54 Å². The normalized spacial score (nSPS) is 33.9. The molecule has 5 nitrogen and oxygen atoms in total. The number of piperazine rings is 1. The largest absolute Gasteiger partial charge is 0.395 e. The van der Waals surface area contributed by atoms with Gasteiger partial charge < -0.3 is 15.7 Å². The third-order valence-corrected chi connectivity index (χ3v) is 4.59. The molecular weight excluding hydrogens is 230 g/mol. The minimum atomic E-state index is -0.348. The van der Waals surface area contributed by atoms with Crippen LogP contribution in [0.2, 0.25) is 0 Å². The second-order valence-corrected chi connectivity index (χ2v) is 5.77. The van der Waals surface area contributed by atoms with Gasteiger partial charge in [0.15, 0.2) is 0 Å². The van der Waals surface area contributed by atoms with Gasteiger partial charge in [-0.25, -0.2) is 0 Å². The fourth-order valence-electron chi connectivity index (χ4n) is 3.14. The molecule has 3 N–H and O–H groups in total. The maximum atomic E-state index is 12.6. The van der Waals surface area contributed by atoms with Crippen molar-refractivity contribution in [1.82, 2.24) is 9.80 Å². The molecule has 1 saturated heterocycles. The highest BCUT2D eigenvalue weighted by Crippen LogP contribution is 2.38. The molecule has 2 aliphatic rings. The molecule has 104 valence electrons. The number of carbonyl (C=O) groups is 1. The van der Waals surface area contributed by atoms with E-state index in [1.165, 1.54) is 0 Å². The van der Waals surface area contributed by atoms with Gasteiger partial charge in [0, 0.05) is 38.8 Å². The Morgan fingerprint density at radius 3 is 2.56 bits per heavy atom. The third-order valence-electron chi connectivity index (χ3n) is 4.59. The zero-order chi connectivity index (χ0) is 13.2. The molecular formula is C13H25N3O2. The van der Waals surface area contributed by atoms with E-state index in [4.69, 9.17) is 10.8 Å². The van der Waals surface area contributed by atoms with Gasteiger partial charge in [0.25, 0.3) is 0 Å². The maximum Gasteiger partial charge on any atom is 0.230 e. The number of rotatable bonds is 3. The molecule has 1 heterocycles. The Bertz CT molecular complexity index is 303. The number of nitrogens with two attached hydrogens (primary N) is 1. The van der Waals surface area contributed by atoms with Crippen LogP contribution in [0.15, 0.2) is 0 Å². The van der Waals surface area contributed by atoms with Crippen LogP contribution in [0.25, 0.3) is 0 Å². The highest BCUT2D eigenvalue weighted by Gasteiger charge is 2.45. The number of nitrogens with zero attached hydrogens (tertiary/aromatic N) is 2. The van der Waals surface area contributed by atoms with E-state index < -0.39 is 0 Å². The highest BCUT2D eigenvalue weighted by molar-refractivity contribution is 5.83. The lowest BCUT2D eigenvalue weighted by Crippen LogP contribution is -2.55. The van der Waals surface area contributed by atoms with Crippen LogP contribution in [-0.4, -0.2) is 66.2 Å². The van der Waals surface area contributed by atoms with Crippen LogP contribution < -0.4 is 5.73 Å². The van der Waals surface area contributed by atoms with Crippen molar-refractivity contribution in [3.05, 3.63) is 0 Å². The summed E-state index contributed by atoms with van der Waals surface area (Å²) in [6.45, 7) is 6.17. The summed E-state index contributed by atoms with van der Waals surface area (Å²) in [5.41, 5.74) is 5.76. The number of aliphatic hydroxyl groups excluding tert-OH is 1. The molecule has 0 aromatic heterocycles. The van der Waals surface area contributed by atoms with Crippen LogP contribution >= 0.6 is 0 Å². The van der Waals surface area contributed by atoms with Crippen LogP contribution in [0.5, 0.6) is 0 Å². The second-order valence-electron chi connectivity index (χ2n) is 5.77. The summed E-state index contributed by atoms with van der Waals surface area (Å²) in [5, 5.41) is 8.90. The zero-order valence-electron chi connectivity index (χ0n) is 11.3. The molecule has 1 saturated carbocycles. The predicted molar refractivity (Wildman–Crippen MR) is 70.0 cm³/mol. The molecule has 1 aliphatic carbocycles. The van der Waals surface area contributed by atoms with Crippen molar-refractivity contribution < 1.29 is 9.90 Å². The molecule has 18 heavy (non-hydrogen) atoms. The lowest BCUT2D eigenvalue weighted by molar-refractivity contribution is -0.143. The molecule has 0 aromatic carbocycles. The highest BCUT2D eigenvalue weighted by atomic mass is 16.3. The number of amides is 1. The Balaban J connectivity index is 1.91. The van der Waals surface area contributed by atoms with E-state index in [0.717, 1.165) is 45.4 Å². The molecule has 0 bridgehead atoms. The van der Waals surface area contributed by atoms with Gasteiger partial charge in [-0.2, -0.15) is 0 Å². The molecule has 2 fully saturated rings. The molecule has 0 aromatic rings. The fourth-order valence-corrected chi connectivity index (χ4v) is 3.14. The summed E-state index contributed by atoms with van der Waals surface area (Å²) in [6, 6.07) is 0.0143. The van der Waals surface area contributed by atoms with Gasteiger partial charge in [0.2, 0.25) is 5.91 Å². The van der Waals surface area contributed by atoms with Crippen molar-refractivity contribution in [3.8, 4) is 0 Å². The first-order valence-corrected chi connectivity index (χ1v) is 6.96. The molecule has 0 radical (unpaired) electrons. The first kappa shape index (κ1) is 13.8. The van der Waals surface area contributed by atoms with Gasteiger partial charge in [-0.05, 0) is 19.8 Å². The average Bonchev–Trinajstić information content (AvgIpc) is 2.71. The molecule has 1 aliphatic heterocycles. The van der Waals surface area contributed by atoms with Gasteiger partial charge in [-0.15, -0.1) is 0 Å². The second kappa shape index (κ2) is 5.55. The van der Waals surface area contributed by atoms with Crippen LogP contribution in [-0.2, 0) is 4.79 Å². The lowest BCUT2D eigenvalue weighted by Gasteiger charge is -2.39. The van der Waals surface area contributed by atoms with Crippen LogP contribution in [0.3, 0.4) is 0 Å². The Kier molecular flexibility index (Phi) is 4.25. The summed E-state index contributed by atoms with van der Waals surface area (Å²) in [5.74, 6) is 0.233. The van der Waals surface area contributed by atoms with Crippen molar-refractivity contribution >= 4 is 5.91 Å². The Labute approximate surface area is 109 Å². The number of hydrogen-bond donors (Lipinski definition) is 2. The molecule has 1 amide bonds. The monoisotopic (exact) mass is 255 g/mol. The maximum absolute atomic E-state index is 12.6. The standard InChI is InChI=1S/C13H25N3O2/c1-13(4-2-3-11(13)14)12(18)16-7-5-15(6-8-16)9-10-17/h11,17H,2-10,14H2,1H3. The van der Waals surface area contributed by atoms with E-state index in [1.807, 2.05) is 11.8 Å². The SMILES string of the molecule is CC1(C(=O)N2CCN(CCO)CC2)CCCC1N. The van der Waals surface area contributed by atoms with Gasteiger partial charge in [-0.3, -0.25) is 9.69 Å². The minimum Gasteiger partial charge on any atom is -0.395 e. The first-order chi connectivity index (χ1) is 8.58. The Morgan fingerprint density at radius 1 is 1.39 bits per heavy atom. The predicted octanol–water partition coefficient (Wildman–Crippen LogP) is -0.360. The topological polar surface area (TPSA) is 69.8 Å². The third kappa shape index (κ3) is 2.53. The summed E-state index contributed by atoms with van der Waals surface area (Å²) < 4.78 is 0. The van der Waals surface area contributed by atoms with Gasteiger partial charge in [-0.1, -0.05) is 6.42 Å². The van der Waals surface area contributed by atoms with E-state index in [9.17, 15) is 4.79 Å². The van der Waals surface area contributed by atoms with Crippen molar-refractivity contribution in [1.29, 1.82) is 0 Å². The van der Waals surface area contributed by atoms with Gasteiger partial charge in [0.1, 0.15) is 0 Å². The Morgan fingerprint density at radius 2 is 2.06 bits per heavy atom. The molecule has 0 spiro atoms.